The average Bonchev–Trinajstić information content (AvgIpc) is 2.56. The smallest absolute Gasteiger partial charge is 0.407 e. The number of carbonyl (C=O) groups excluding carboxylic acids is 1. The van der Waals surface area contributed by atoms with Crippen LogP contribution < -0.4 is 16.0 Å². The molecule has 0 spiro atoms. The van der Waals surface area contributed by atoms with Crippen LogP contribution in [-0.2, 0) is 11.3 Å². The quantitative estimate of drug-likeness (QED) is 0.246. The van der Waals surface area contributed by atoms with Crippen LogP contribution in [0.15, 0.2) is 23.2 Å². The van der Waals surface area contributed by atoms with Crippen molar-refractivity contribution in [3.05, 3.63) is 35.1 Å². The van der Waals surface area contributed by atoms with Crippen molar-refractivity contribution in [1.82, 2.24) is 16.0 Å². The molecule has 0 aromatic heterocycles. The molecule has 1 amide bonds. The molecule has 0 aliphatic rings. The van der Waals surface area contributed by atoms with Gasteiger partial charge in [0.15, 0.2) is 5.96 Å². The summed E-state index contributed by atoms with van der Waals surface area (Å²) in [5, 5.41) is 17.5. The summed E-state index contributed by atoms with van der Waals surface area (Å²) >= 11 is 0. The number of carbonyl (C=O) groups is 1. The van der Waals surface area contributed by atoms with Crippen molar-refractivity contribution in [3.8, 4) is 6.07 Å². The van der Waals surface area contributed by atoms with E-state index in [4.69, 9.17) is 10.00 Å². The summed E-state index contributed by atoms with van der Waals surface area (Å²) in [7, 11) is 1.61. The van der Waals surface area contributed by atoms with E-state index in [-0.39, 0.29) is 36.1 Å². The third kappa shape index (κ3) is 10.6. The largest absolute Gasteiger partial charge is 0.444 e. The molecule has 1 rings (SSSR count). The predicted octanol–water partition coefficient (Wildman–Crippen LogP) is 2.90. The summed E-state index contributed by atoms with van der Waals surface area (Å²) in [6.07, 6.45) is 0.224. The molecule has 3 N–H and O–H groups in total. The van der Waals surface area contributed by atoms with Gasteiger partial charge in [-0.2, -0.15) is 5.26 Å². The number of nitrogens with one attached hydrogen (secondary N) is 3. The zero-order valence-corrected chi connectivity index (χ0v) is 18.4. The van der Waals surface area contributed by atoms with Crippen LogP contribution in [0.3, 0.4) is 0 Å². The number of hydrogen-bond donors (Lipinski definition) is 3. The van der Waals surface area contributed by atoms with Gasteiger partial charge in [-0.3, -0.25) is 4.99 Å². The molecule has 1 aromatic rings. The number of hydrogen-bond acceptors (Lipinski definition) is 4. The molecular weight excluding hydrogens is 464 g/mol. The van der Waals surface area contributed by atoms with Gasteiger partial charge in [-0.25, -0.2) is 9.18 Å². The number of nitriles is 1. The predicted molar refractivity (Wildman–Crippen MR) is 114 cm³/mol. The lowest BCUT2D eigenvalue weighted by Gasteiger charge is -2.19. The minimum Gasteiger partial charge on any atom is -0.444 e. The average molecular weight is 491 g/mol. The Morgan fingerprint density at radius 3 is 2.48 bits per heavy atom. The lowest BCUT2D eigenvalue weighted by molar-refractivity contribution is 0.0527. The number of guanidine groups is 1. The van der Waals surface area contributed by atoms with Gasteiger partial charge < -0.3 is 20.7 Å². The van der Waals surface area contributed by atoms with E-state index < -0.39 is 17.5 Å². The maximum Gasteiger partial charge on any atom is 0.407 e. The van der Waals surface area contributed by atoms with Crippen LogP contribution in [0.2, 0.25) is 0 Å². The van der Waals surface area contributed by atoms with Gasteiger partial charge in [0.1, 0.15) is 11.4 Å². The number of benzene rings is 1. The normalized spacial score (nSPS) is 11.0. The van der Waals surface area contributed by atoms with Gasteiger partial charge in [-0.1, -0.05) is 6.07 Å². The van der Waals surface area contributed by atoms with Crippen molar-refractivity contribution in [1.29, 1.82) is 5.26 Å². The molecule has 9 heteroatoms. The third-order valence-corrected chi connectivity index (χ3v) is 3.17. The van der Waals surface area contributed by atoms with E-state index in [0.29, 0.717) is 31.0 Å². The number of nitrogens with zero attached hydrogens (tertiary/aromatic N) is 2. The van der Waals surface area contributed by atoms with E-state index in [9.17, 15) is 9.18 Å². The van der Waals surface area contributed by atoms with E-state index in [0.717, 1.165) is 0 Å². The van der Waals surface area contributed by atoms with Crippen LogP contribution in [0.5, 0.6) is 0 Å². The summed E-state index contributed by atoms with van der Waals surface area (Å²) in [5.74, 6) is 0.0830. The summed E-state index contributed by atoms with van der Waals surface area (Å²) in [4.78, 5) is 15.6. The molecule has 0 aliphatic carbocycles. The first-order chi connectivity index (χ1) is 12.2. The van der Waals surface area contributed by atoms with Crippen LogP contribution in [0.1, 0.15) is 38.3 Å². The molecule has 0 unspecified atom stereocenters. The van der Waals surface area contributed by atoms with Gasteiger partial charge in [-0.15, -0.1) is 24.0 Å². The van der Waals surface area contributed by atoms with Crippen LogP contribution in [0, 0.1) is 17.1 Å². The molecule has 0 saturated heterocycles. The summed E-state index contributed by atoms with van der Waals surface area (Å²) < 4.78 is 19.0. The highest BCUT2D eigenvalue weighted by atomic mass is 127. The Bertz CT molecular complexity index is 683. The number of ether oxygens (including phenoxy) is 1. The molecule has 0 saturated carbocycles. The molecule has 27 heavy (non-hydrogen) atoms. The molecule has 0 bridgehead atoms. The second-order valence-corrected chi connectivity index (χ2v) is 6.55. The van der Waals surface area contributed by atoms with Crippen molar-refractivity contribution >= 4 is 36.0 Å². The molecule has 150 valence electrons. The van der Waals surface area contributed by atoms with Gasteiger partial charge in [0, 0.05) is 32.2 Å². The number of amides is 1. The topological polar surface area (TPSA) is 98.5 Å². The fraction of sp³-hybridized carbons (Fsp3) is 0.500. The van der Waals surface area contributed by atoms with Crippen molar-refractivity contribution in [2.75, 3.05) is 20.1 Å². The third-order valence-electron chi connectivity index (χ3n) is 3.17. The summed E-state index contributed by atoms with van der Waals surface area (Å²) in [5.41, 5.74) is 0.208. The summed E-state index contributed by atoms with van der Waals surface area (Å²) in [6.45, 7) is 6.70. The number of rotatable bonds is 6. The summed E-state index contributed by atoms with van der Waals surface area (Å²) in [6, 6.07) is 6.24. The van der Waals surface area contributed by atoms with Crippen molar-refractivity contribution < 1.29 is 13.9 Å². The Labute approximate surface area is 176 Å². The molecular formula is C18H27FIN5O2. The van der Waals surface area contributed by atoms with Gasteiger partial charge in [0.05, 0.1) is 11.6 Å². The molecule has 1 aromatic carbocycles. The highest BCUT2D eigenvalue weighted by Crippen LogP contribution is 2.09. The number of alkyl carbamates (subject to hydrolysis) is 1. The Morgan fingerprint density at radius 2 is 1.93 bits per heavy atom. The molecule has 0 aliphatic heterocycles. The van der Waals surface area contributed by atoms with E-state index in [2.05, 4.69) is 20.9 Å². The highest BCUT2D eigenvalue weighted by Gasteiger charge is 2.15. The molecule has 0 radical (unpaired) electrons. The first kappa shape index (κ1) is 24.9. The van der Waals surface area contributed by atoms with Gasteiger partial charge >= 0.3 is 6.09 Å². The maximum atomic E-state index is 13.8. The Kier molecular flexibility index (Phi) is 11.4. The van der Waals surface area contributed by atoms with Gasteiger partial charge in [0.25, 0.3) is 0 Å². The van der Waals surface area contributed by atoms with Crippen molar-refractivity contribution in [2.45, 2.75) is 39.3 Å². The maximum absolute atomic E-state index is 13.8. The molecule has 0 heterocycles. The zero-order valence-electron chi connectivity index (χ0n) is 16.1. The second kappa shape index (κ2) is 12.3. The van der Waals surface area contributed by atoms with Crippen LogP contribution >= 0.6 is 24.0 Å². The minimum atomic E-state index is -0.519. The van der Waals surface area contributed by atoms with Crippen molar-refractivity contribution in [3.63, 3.8) is 0 Å². The van der Waals surface area contributed by atoms with E-state index in [1.165, 1.54) is 6.07 Å². The van der Waals surface area contributed by atoms with Crippen LogP contribution in [0.25, 0.3) is 0 Å². The lowest BCUT2D eigenvalue weighted by atomic mass is 10.1. The fourth-order valence-electron chi connectivity index (χ4n) is 1.96. The Morgan fingerprint density at radius 1 is 1.26 bits per heavy atom. The molecule has 0 fully saturated rings. The molecule has 7 nitrogen and oxygen atoms in total. The van der Waals surface area contributed by atoms with E-state index >= 15 is 0 Å². The first-order valence-electron chi connectivity index (χ1n) is 8.35. The fourth-order valence-corrected chi connectivity index (χ4v) is 1.96. The van der Waals surface area contributed by atoms with Crippen molar-refractivity contribution in [2.24, 2.45) is 4.99 Å². The van der Waals surface area contributed by atoms with Crippen LogP contribution in [0.4, 0.5) is 9.18 Å². The zero-order chi connectivity index (χ0) is 19.6. The molecule has 0 atom stereocenters. The highest BCUT2D eigenvalue weighted by molar-refractivity contribution is 14.0. The van der Waals surface area contributed by atoms with Gasteiger partial charge in [-0.05, 0) is 39.3 Å². The number of aliphatic imine (C=N–C) groups is 1. The number of halogens is 2. The standard InChI is InChI=1S/C18H26FN5O2.HI/c1-18(2,3)26-17(25)23-9-5-8-22-16(21-4)24-12-14-7-6-13(11-20)10-15(14)19;/h6-7,10H,5,8-9,12H2,1-4H3,(H,23,25)(H2,21,22,24);1H. The first-order valence-corrected chi connectivity index (χ1v) is 8.35. The monoisotopic (exact) mass is 491 g/mol. The SMILES string of the molecule is CN=C(NCCCNC(=O)OC(C)(C)C)NCc1ccc(C#N)cc1F.I. The van der Waals surface area contributed by atoms with E-state index in [1.54, 1.807) is 40.0 Å². The second-order valence-electron chi connectivity index (χ2n) is 6.55. The van der Waals surface area contributed by atoms with Crippen LogP contribution in [-0.4, -0.2) is 37.8 Å². The minimum absolute atomic E-state index is 0. The lowest BCUT2D eigenvalue weighted by Crippen LogP contribution is -2.39. The Balaban J connectivity index is 0.00000676. The van der Waals surface area contributed by atoms with Gasteiger partial charge in [0.2, 0.25) is 0 Å². The Hall–Kier alpha value is -2.09. The van der Waals surface area contributed by atoms with E-state index in [1.807, 2.05) is 6.07 Å².